The summed E-state index contributed by atoms with van der Waals surface area (Å²) in [4.78, 5) is 22.0. The van der Waals surface area contributed by atoms with Gasteiger partial charge >= 0.3 is 0 Å². The summed E-state index contributed by atoms with van der Waals surface area (Å²) in [6.07, 6.45) is 6.75. The lowest BCUT2D eigenvalue weighted by atomic mass is 10.1. The van der Waals surface area contributed by atoms with E-state index in [1.54, 1.807) is 10.7 Å². The molecular weight excluding hydrogens is 384 g/mol. The Kier molecular flexibility index (Phi) is 5.74. The highest BCUT2D eigenvalue weighted by molar-refractivity contribution is 7.98. The minimum Gasteiger partial charge on any atom is -0.331 e. The highest BCUT2D eigenvalue weighted by atomic mass is 32.2. The zero-order valence-electron chi connectivity index (χ0n) is 17.1. The average Bonchev–Trinajstić information content (AvgIpc) is 3.16. The van der Waals surface area contributed by atoms with E-state index < -0.39 is 0 Å². The van der Waals surface area contributed by atoms with Crippen molar-refractivity contribution in [1.29, 1.82) is 0 Å². The first-order valence-electron chi connectivity index (χ1n) is 10.9. The van der Waals surface area contributed by atoms with Crippen LogP contribution in [0.5, 0.6) is 0 Å². The van der Waals surface area contributed by atoms with Crippen molar-refractivity contribution in [2.24, 2.45) is 0 Å². The lowest BCUT2D eigenvalue weighted by molar-refractivity contribution is 0.120. The number of fused-ring (bicyclic) bond motifs is 2. The summed E-state index contributed by atoms with van der Waals surface area (Å²) in [6.45, 7) is 7.98. The number of nitrogens with zero attached hydrogens (tertiary/aromatic N) is 6. The van der Waals surface area contributed by atoms with Crippen molar-refractivity contribution < 1.29 is 0 Å². The molecule has 5 rings (SSSR count). The van der Waals surface area contributed by atoms with Crippen LogP contribution in [0.2, 0.25) is 0 Å². The molecule has 156 valence electrons. The molecule has 0 aromatic carbocycles. The Labute approximate surface area is 176 Å². The van der Waals surface area contributed by atoms with E-state index in [4.69, 9.17) is 0 Å². The van der Waals surface area contributed by atoms with Gasteiger partial charge in [-0.3, -0.25) is 14.6 Å². The third-order valence-electron chi connectivity index (χ3n) is 6.44. The van der Waals surface area contributed by atoms with Crippen LogP contribution in [0.1, 0.15) is 35.6 Å². The molecular formula is C21H30N6OS. The van der Waals surface area contributed by atoms with Gasteiger partial charge < -0.3 is 4.57 Å². The van der Waals surface area contributed by atoms with Gasteiger partial charge in [-0.25, -0.2) is 9.67 Å². The number of aryl methyl sites for hydroxylation is 2. The van der Waals surface area contributed by atoms with Gasteiger partial charge in [0, 0.05) is 76.7 Å². The molecule has 0 amide bonds. The summed E-state index contributed by atoms with van der Waals surface area (Å²) in [5.74, 6) is 3.31. The van der Waals surface area contributed by atoms with Crippen LogP contribution in [0, 0.1) is 0 Å². The fourth-order valence-corrected chi connectivity index (χ4v) is 5.61. The third-order valence-corrected chi connectivity index (χ3v) is 7.44. The zero-order valence-corrected chi connectivity index (χ0v) is 17.9. The first kappa shape index (κ1) is 19.3. The molecule has 2 aromatic rings. The second-order valence-electron chi connectivity index (χ2n) is 8.37. The van der Waals surface area contributed by atoms with Gasteiger partial charge in [-0.2, -0.15) is 16.9 Å². The smallest absolute Gasteiger partial charge is 0.267 e. The number of piperazine rings is 1. The SMILES string of the molecule is O=c1cc2c(nn1CCN1CCN(Cc3cnc4n3CCCC4)CC1)CCSC2. The molecule has 3 aliphatic heterocycles. The molecule has 0 aliphatic carbocycles. The van der Waals surface area contributed by atoms with Gasteiger partial charge in [0.2, 0.25) is 0 Å². The van der Waals surface area contributed by atoms with Crippen molar-refractivity contribution in [2.45, 2.75) is 51.1 Å². The summed E-state index contributed by atoms with van der Waals surface area (Å²) in [6, 6.07) is 1.80. The first-order chi connectivity index (χ1) is 14.3. The molecule has 3 aliphatic rings. The molecule has 5 heterocycles. The Morgan fingerprint density at radius 2 is 1.86 bits per heavy atom. The molecule has 8 heteroatoms. The predicted octanol–water partition coefficient (Wildman–Crippen LogP) is 1.38. The van der Waals surface area contributed by atoms with Gasteiger partial charge in [0.1, 0.15) is 5.82 Å². The summed E-state index contributed by atoms with van der Waals surface area (Å²) in [5, 5.41) is 4.65. The number of rotatable bonds is 5. The van der Waals surface area contributed by atoms with E-state index in [0.717, 1.165) is 81.4 Å². The molecule has 0 radical (unpaired) electrons. The monoisotopic (exact) mass is 414 g/mol. The van der Waals surface area contributed by atoms with Gasteiger partial charge in [-0.1, -0.05) is 0 Å². The normalized spacial score (nSPS) is 20.4. The van der Waals surface area contributed by atoms with Crippen molar-refractivity contribution in [3.8, 4) is 0 Å². The topological polar surface area (TPSA) is 59.2 Å². The molecule has 0 bridgehead atoms. The third kappa shape index (κ3) is 4.29. The Morgan fingerprint density at radius 3 is 2.76 bits per heavy atom. The zero-order chi connectivity index (χ0) is 19.6. The summed E-state index contributed by atoms with van der Waals surface area (Å²) in [7, 11) is 0. The molecule has 1 saturated heterocycles. The molecule has 29 heavy (non-hydrogen) atoms. The van der Waals surface area contributed by atoms with E-state index in [1.807, 2.05) is 11.8 Å². The highest BCUT2D eigenvalue weighted by Crippen LogP contribution is 2.21. The second kappa shape index (κ2) is 8.62. The van der Waals surface area contributed by atoms with Crippen LogP contribution in [0.3, 0.4) is 0 Å². The number of hydrogen-bond acceptors (Lipinski definition) is 6. The maximum Gasteiger partial charge on any atom is 0.267 e. The molecule has 0 unspecified atom stereocenters. The maximum absolute atomic E-state index is 12.4. The largest absolute Gasteiger partial charge is 0.331 e. The highest BCUT2D eigenvalue weighted by Gasteiger charge is 2.21. The van der Waals surface area contributed by atoms with E-state index in [-0.39, 0.29) is 5.56 Å². The minimum atomic E-state index is 0.0513. The molecule has 1 fully saturated rings. The van der Waals surface area contributed by atoms with Crippen LogP contribution < -0.4 is 5.56 Å². The van der Waals surface area contributed by atoms with E-state index in [2.05, 4.69) is 30.6 Å². The first-order valence-corrected chi connectivity index (χ1v) is 12.1. The summed E-state index contributed by atoms with van der Waals surface area (Å²) in [5.41, 5.74) is 3.68. The molecule has 7 nitrogen and oxygen atoms in total. The lowest BCUT2D eigenvalue weighted by Gasteiger charge is -2.34. The van der Waals surface area contributed by atoms with Crippen molar-refractivity contribution >= 4 is 11.8 Å². The summed E-state index contributed by atoms with van der Waals surface area (Å²) < 4.78 is 4.11. The number of hydrogen-bond donors (Lipinski definition) is 0. The molecule has 0 N–H and O–H groups in total. The quantitative estimate of drug-likeness (QED) is 0.737. The van der Waals surface area contributed by atoms with E-state index in [1.165, 1.54) is 24.4 Å². The number of thioether (sulfide) groups is 1. The van der Waals surface area contributed by atoms with Crippen LogP contribution in [0.15, 0.2) is 17.1 Å². The predicted molar refractivity (Wildman–Crippen MR) is 115 cm³/mol. The van der Waals surface area contributed by atoms with Gasteiger partial charge in [0.25, 0.3) is 5.56 Å². The maximum atomic E-state index is 12.4. The van der Waals surface area contributed by atoms with Crippen molar-refractivity contribution in [3.05, 3.63) is 45.4 Å². The minimum absolute atomic E-state index is 0.0513. The van der Waals surface area contributed by atoms with Gasteiger partial charge in [-0.15, -0.1) is 0 Å². The van der Waals surface area contributed by atoms with E-state index in [0.29, 0.717) is 6.54 Å². The van der Waals surface area contributed by atoms with E-state index in [9.17, 15) is 4.79 Å². The standard InChI is InChI=1S/C21H30N6OS/c28-21-13-17-16-29-12-4-19(17)23-27(21)11-10-24-6-8-25(9-7-24)15-18-14-22-20-3-1-2-5-26(18)20/h13-14H,1-12,15-16H2. The van der Waals surface area contributed by atoms with Crippen LogP contribution in [-0.2, 0) is 38.2 Å². The number of aromatic nitrogens is 4. The Morgan fingerprint density at radius 1 is 1.00 bits per heavy atom. The van der Waals surface area contributed by atoms with E-state index >= 15 is 0 Å². The van der Waals surface area contributed by atoms with Crippen molar-refractivity contribution in [1.82, 2.24) is 29.1 Å². The summed E-state index contributed by atoms with van der Waals surface area (Å²) >= 11 is 1.89. The van der Waals surface area contributed by atoms with Crippen LogP contribution in [0.25, 0.3) is 0 Å². The van der Waals surface area contributed by atoms with Crippen molar-refractivity contribution in [3.63, 3.8) is 0 Å². The van der Waals surface area contributed by atoms with Crippen LogP contribution in [0.4, 0.5) is 0 Å². The lowest BCUT2D eigenvalue weighted by Crippen LogP contribution is -2.47. The second-order valence-corrected chi connectivity index (χ2v) is 9.48. The van der Waals surface area contributed by atoms with Crippen molar-refractivity contribution in [2.75, 3.05) is 38.5 Å². The van der Waals surface area contributed by atoms with Crippen LogP contribution in [-0.4, -0.2) is 67.6 Å². The average molecular weight is 415 g/mol. The molecule has 0 atom stereocenters. The molecule has 2 aromatic heterocycles. The van der Waals surface area contributed by atoms with Gasteiger partial charge in [0.15, 0.2) is 0 Å². The molecule has 0 spiro atoms. The molecule has 0 saturated carbocycles. The van der Waals surface area contributed by atoms with Gasteiger partial charge in [0.05, 0.1) is 17.9 Å². The Bertz CT molecular complexity index is 914. The van der Waals surface area contributed by atoms with Gasteiger partial charge in [-0.05, 0) is 24.2 Å². The number of imidazole rings is 1. The Balaban J connectivity index is 1.13. The fraction of sp³-hybridized carbons (Fsp3) is 0.667. The van der Waals surface area contributed by atoms with Crippen LogP contribution >= 0.6 is 11.8 Å². The fourth-order valence-electron chi connectivity index (χ4n) is 4.65. The Hall–Kier alpha value is -1.64.